The van der Waals surface area contributed by atoms with Gasteiger partial charge < -0.3 is 5.32 Å². The van der Waals surface area contributed by atoms with E-state index in [2.05, 4.69) is 28.5 Å². The van der Waals surface area contributed by atoms with Crippen molar-refractivity contribution in [2.24, 2.45) is 0 Å². The minimum Gasteiger partial charge on any atom is -0.306 e. The highest BCUT2D eigenvalue weighted by molar-refractivity contribution is 6.03. The molecule has 5 nitrogen and oxygen atoms in total. The minimum absolute atomic E-state index is 0.0265. The number of hydrogen-bond donors (Lipinski definition) is 1. The minimum atomic E-state index is -0.136. The number of fused-ring (bicyclic) bond motifs is 2. The molecule has 108 valence electrons. The Morgan fingerprint density at radius 1 is 1.41 bits per heavy atom. The van der Waals surface area contributed by atoms with Crippen LogP contribution in [0, 0.1) is 11.3 Å². The van der Waals surface area contributed by atoms with Gasteiger partial charge in [0.1, 0.15) is 0 Å². The maximum atomic E-state index is 12.4. The highest BCUT2D eigenvalue weighted by atomic mass is 16.2. The van der Waals surface area contributed by atoms with Crippen LogP contribution in [0.15, 0.2) is 36.7 Å². The van der Waals surface area contributed by atoms with E-state index in [0.717, 1.165) is 29.7 Å². The van der Waals surface area contributed by atoms with Crippen molar-refractivity contribution in [3.05, 3.63) is 53.3 Å². The van der Waals surface area contributed by atoms with E-state index in [-0.39, 0.29) is 11.9 Å². The topological polar surface area (TPSA) is 69.0 Å². The number of amides is 2. The molecule has 1 aliphatic carbocycles. The van der Waals surface area contributed by atoms with Gasteiger partial charge in [0, 0.05) is 18.4 Å². The highest BCUT2D eigenvalue weighted by Gasteiger charge is 2.32. The molecular weight excluding hydrogens is 276 g/mol. The number of aromatic nitrogens is 1. The summed E-state index contributed by atoms with van der Waals surface area (Å²) in [7, 11) is 0. The summed E-state index contributed by atoms with van der Waals surface area (Å²) in [4.78, 5) is 18.2. The lowest BCUT2D eigenvalue weighted by Gasteiger charge is -2.27. The quantitative estimate of drug-likeness (QED) is 0.878. The van der Waals surface area contributed by atoms with E-state index in [4.69, 9.17) is 5.26 Å². The zero-order valence-corrected chi connectivity index (χ0v) is 11.9. The van der Waals surface area contributed by atoms with Crippen LogP contribution in [0.5, 0.6) is 0 Å². The fourth-order valence-corrected chi connectivity index (χ4v) is 3.15. The number of urea groups is 1. The SMILES string of the molecule is N#CC1Cc2cc3c(cc21)CCN3C(=O)Nc1cccnc1. The molecule has 22 heavy (non-hydrogen) atoms. The number of carbonyl (C=O) groups excluding carboxylic acids is 1. The van der Waals surface area contributed by atoms with Gasteiger partial charge in [0.05, 0.1) is 23.9 Å². The van der Waals surface area contributed by atoms with Crippen LogP contribution in [-0.4, -0.2) is 17.6 Å². The summed E-state index contributed by atoms with van der Waals surface area (Å²) in [5.74, 6) is 0.0265. The molecule has 1 aromatic heterocycles. The smallest absolute Gasteiger partial charge is 0.306 e. The largest absolute Gasteiger partial charge is 0.326 e. The monoisotopic (exact) mass is 290 g/mol. The van der Waals surface area contributed by atoms with E-state index in [1.54, 1.807) is 23.4 Å². The molecular formula is C17H14N4O. The van der Waals surface area contributed by atoms with Crippen LogP contribution in [-0.2, 0) is 12.8 Å². The van der Waals surface area contributed by atoms with Crippen LogP contribution >= 0.6 is 0 Å². The molecule has 1 aliphatic heterocycles. The lowest BCUT2D eigenvalue weighted by Crippen LogP contribution is -2.33. The van der Waals surface area contributed by atoms with Crippen LogP contribution < -0.4 is 10.2 Å². The van der Waals surface area contributed by atoms with Crippen molar-refractivity contribution in [2.75, 3.05) is 16.8 Å². The van der Waals surface area contributed by atoms with Gasteiger partial charge in [-0.15, -0.1) is 0 Å². The third kappa shape index (κ3) is 1.92. The number of benzene rings is 1. The van der Waals surface area contributed by atoms with E-state index in [0.29, 0.717) is 12.2 Å². The predicted octanol–water partition coefficient (Wildman–Crippen LogP) is 2.84. The fourth-order valence-electron chi connectivity index (χ4n) is 3.15. The summed E-state index contributed by atoms with van der Waals surface area (Å²) in [6.45, 7) is 0.668. The average molecular weight is 290 g/mol. The number of hydrogen-bond acceptors (Lipinski definition) is 3. The molecule has 5 heteroatoms. The van der Waals surface area contributed by atoms with Crippen LogP contribution in [0.2, 0.25) is 0 Å². The molecule has 0 fully saturated rings. The molecule has 1 atom stereocenters. The number of anilines is 2. The second kappa shape index (κ2) is 4.85. The zero-order valence-electron chi connectivity index (χ0n) is 11.9. The molecule has 0 bridgehead atoms. The lowest BCUT2D eigenvalue weighted by molar-refractivity contribution is 0.257. The Labute approximate surface area is 128 Å². The molecule has 0 radical (unpaired) electrons. The molecule has 2 amide bonds. The first-order valence-electron chi connectivity index (χ1n) is 7.30. The molecule has 1 aromatic carbocycles. The van der Waals surface area contributed by atoms with Crippen molar-refractivity contribution >= 4 is 17.4 Å². The Balaban J connectivity index is 1.59. The standard InChI is InChI=1S/C17H14N4O/c18-9-13-6-12-8-16-11(7-15(12)13)3-5-21(16)17(22)20-14-2-1-4-19-10-14/h1-2,4,7-8,10,13H,3,5-6H2,(H,20,22). The van der Waals surface area contributed by atoms with Gasteiger partial charge in [0.25, 0.3) is 0 Å². The third-order valence-electron chi connectivity index (χ3n) is 4.35. The van der Waals surface area contributed by atoms with Gasteiger partial charge in [-0.2, -0.15) is 5.26 Å². The molecule has 1 unspecified atom stereocenters. The molecule has 2 heterocycles. The van der Waals surface area contributed by atoms with Crippen molar-refractivity contribution in [3.8, 4) is 6.07 Å². The summed E-state index contributed by atoms with van der Waals surface area (Å²) >= 11 is 0. The molecule has 0 saturated heterocycles. The highest BCUT2D eigenvalue weighted by Crippen LogP contribution is 2.41. The Morgan fingerprint density at radius 3 is 3.09 bits per heavy atom. The van der Waals surface area contributed by atoms with Crippen molar-refractivity contribution in [1.82, 2.24) is 4.98 Å². The first-order valence-corrected chi connectivity index (χ1v) is 7.30. The van der Waals surface area contributed by atoms with E-state index in [1.807, 2.05) is 6.07 Å². The molecule has 2 aliphatic rings. The second-order valence-electron chi connectivity index (χ2n) is 5.64. The van der Waals surface area contributed by atoms with Crippen LogP contribution in [0.25, 0.3) is 0 Å². The van der Waals surface area contributed by atoms with Crippen molar-refractivity contribution in [3.63, 3.8) is 0 Å². The van der Waals surface area contributed by atoms with Crippen molar-refractivity contribution in [1.29, 1.82) is 5.26 Å². The summed E-state index contributed by atoms with van der Waals surface area (Å²) in [5.41, 5.74) is 5.13. The van der Waals surface area contributed by atoms with Gasteiger partial charge in [0.15, 0.2) is 0 Å². The normalized spacial score (nSPS) is 18.0. The van der Waals surface area contributed by atoms with E-state index in [1.165, 1.54) is 5.56 Å². The second-order valence-corrected chi connectivity index (χ2v) is 5.64. The Hall–Kier alpha value is -2.87. The van der Waals surface area contributed by atoms with Gasteiger partial charge in [-0.3, -0.25) is 9.88 Å². The number of nitrogens with one attached hydrogen (secondary N) is 1. The molecule has 0 spiro atoms. The van der Waals surface area contributed by atoms with E-state index < -0.39 is 0 Å². The van der Waals surface area contributed by atoms with E-state index >= 15 is 0 Å². The summed E-state index contributed by atoms with van der Waals surface area (Å²) in [5, 5.41) is 11.9. The number of pyridine rings is 1. The first-order chi connectivity index (χ1) is 10.8. The molecule has 0 saturated carbocycles. The van der Waals surface area contributed by atoms with Gasteiger partial charge in [0.2, 0.25) is 0 Å². The number of carbonyl (C=O) groups is 1. The Kier molecular flexibility index (Phi) is 2.83. The molecule has 1 N–H and O–H groups in total. The zero-order chi connectivity index (χ0) is 15.1. The van der Waals surface area contributed by atoms with Gasteiger partial charge in [-0.25, -0.2) is 4.79 Å². The van der Waals surface area contributed by atoms with Gasteiger partial charge in [-0.05, 0) is 47.7 Å². The molecule has 2 aromatic rings. The van der Waals surface area contributed by atoms with E-state index in [9.17, 15) is 4.79 Å². The molecule has 4 rings (SSSR count). The summed E-state index contributed by atoms with van der Waals surface area (Å²) < 4.78 is 0. The van der Waals surface area contributed by atoms with Gasteiger partial charge >= 0.3 is 6.03 Å². The third-order valence-corrected chi connectivity index (χ3v) is 4.35. The average Bonchev–Trinajstić information content (AvgIpc) is 2.93. The number of rotatable bonds is 1. The lowest BCUT2D eigenvalue weighted by atomic mass is 9.77. The summed E-state index contributed by atoms with van der Waals surface area (Å²) in [6, 6.07) is 9.95. The van der Waals surface area contributed by atoms with Crippen LogP contribution in [0.3, 0.4) is 0 Å². The van der Waals surface area contributed by atoms with Crippen LogP contribution in [0.4, 0.5) is 16.2 Å². The number of nitriles is 1. The predicted molar refractivity (Wildman–Crippen MR) is 82.8 cm³/mol. The number of nitrogens with zero attached hydrogens (tertiary/aromatic N) is 3. The maximum Gasteiger partial charge on any atom is 0.326 e. The van der Waals surface area contributed by atoms with Crippen molar-refractivity contribution in [2.45, 2.75) is 18.8 Å². The Bertz CT molecular complexity index is 794. The van der Waals surface area contributed by atoms with Crippen LogP contribution in [0.1, 0.15) is 22.6 Å². The van der Waals surface area contributed by atoms with Crippen molar-refractivity contribution < 1.29 is 4.79 Å². The van der Waals surface area contributed by atoms with Gasteiger partial charge in [-0.1, -0.05) is 6.07 Å². The summed E-state index contributed by atoms with van der Waals surface area (Å²) in [6.07, 6.45) is 4.93. The fraction of sp³-hybridized carbons (Fsp3) is 0.235. The maximum absolute atomic E-state index is 12.4. The Morgan fingerprint density at radius 2 is 2.32 bits per heavy atom. The first kappa shape index (κ1) is 12.8.